The van der Waals surface area contributed by atoms with Crippen LogP contribution in [0.3, 0.4) is 0 Å². The van der Waals surface area contributed by atoms with Gasteiger partial charge in [-0.25, -0.2) is 4.98 Å². The molecular weight excluding hydrogens is 270 g/mol. The van der Waals surface area contributed by atoms with E-state index in [1.54, 1.807) is 0 Å². The van der Waals surface area contributed by atoms with Crippen LogP contribution in [0.1, 0.15) is 18.9 Å². The maximum atomic E-state index is 11.3. The zero-order valence-corrected chi connectivity index (χ0v) is 11.8. The molecule has 0 spiro atoms. The predicted octanol–water partition coefficient (Wildman–Crippen LogP) is 1.30. The maximum absolute atomic E-state index is 11.3. The van der Waals surface area contributed by atoms with Gasteiger partial charge in [0.15, 0.2) is 0 Å². The summed E-state index contributed by atoms with van der Waals surface area (Å²) in [5.41, 5.74) is 0.153. The van der Waals surface area contributed by atoms with Crippen molar-refractivity contribution in [3.8, 4) is 6.07 Å². The number of hydrogen-bond acceptors (Lipinski definition) is 6. The molecule has 2 aliphatic rings. The molecule has 0 saturated carbocycles. The number of anilines is 1. The zero-order chi connectivity index (χ0) is 15.0. The molecule has 0 aromatic carbocycles. The van der Waals surface area contributed by atoms with Crippen LogP contribution in [0.4, 0.5) is 11.5 Å². The number of fused-ring (bicyclic) bond motifs is 1. The normalized spacial score (nSPS) is 27.4. The molecule has 21 heavy (non-hydrogen) atoms. The molecule has 7 heteroatoms. The van der Waals surface area contributed by atoms with Gasteiger partial charge < -0.3 is 10.2 Å². The summed E-state index contributed by atoms with van der Waals surface area (Å²) in [5, 5.41) is 23.6. The molecule has 0 amide bonds. The summed E-state index contributed by atoms with van der Waals surface area (Å²) < 4.78 is 0. The van der Waals surface area contributed by atoms with E-state index in [2.05, 4.69) is 22.1 Å². The van der Waals surface area contributed by atoms with E-state index in [4.69, 9.17) is 5.26 Å². The predicted molar refractivity (Wildman–Crippen MR) is 76.9 cm³/mol. The first-order valence-electron chi connectivity index (χ1n) is 7.17. The Morgan fingerprint density at radius 2 is 2.43 bits per heavy atom. The van der Waals surface area contributed by atoms with E-state index >= 15 is 0 Å². The molecule has 3 unspecified atom stereocenters. The van der Waals surface area contributed by atoms with Gasteiger partial charge in [0.25, 0.3) is 0 Å². The van der Waals surface area contributed by atoms with Crippen molar-refractivity contribution < 1.29 is 4.92 Å². The molecular formula is C14H17N5O2. The summed E-state index contributed by atoms with van der Waals surface area (Å²) in [6.07, 6.45) is 2.35. The SMILES string of the molecule is CCC1C2CNCC2CN1c1ncc(C#N)cc1[N+](=O)[O-]. The fourth-order valence-electron chi connectivity index (χ4n) is 3.65. The van der Waals surface area contributed by atoms with E-state index in [0.717, 1.165) is 26.1 Å². The van der Waals surface area contributed by atoms with Crippen LogP contribution in [-0.2, 0) is 0 Å². The van der Waals surface area contributed by atoms with Crippen LogP contribution < -0.4 is 10.2 Å². The summed E-state index contributed by atoms with van der Waals surface area (Å²) in [4.78, 5) is 17.1. The number of nitrogens with zero attached hydrogens (tertiary/aromatic N) is 4. The smallest absolute Gasteiger partial charge is 0.312 e. The highest BCUT2D eigenvalue weighted by atomic mass is 16.6. The minimum absolute atomic E-state index is 0.0690. The van der Waals surface area contributed by atoms with Gasteiger partial charge in [0.05, 0.1) is 10.5 Å². The van der Waals surface area contributed by atoms with Gasteiger partial charge in [-0.1, -0.05) is 6.92 Å². The summed E-state index contributed by atoms with van der Waals surface area (Å²) >= 11 is 0. The second kappa shape index (κ2) is 5.30. The van der Waals surface area contributed by atoms with E-state index in [-0.39, 0.29) is 17.3 Å². The van der Waals surface area contributed by atoms with Gasteiger partial charge in [-0.05, 0) is 18.3 Å². The Morgan fingerprint density at radius 3 is 3.10 bits per heavy atom. The Balaban J connectivity index is 2.00. The lowest BCUT2D eigenvalue weighted by atomic mass is 9.93. The molecule has 0 radical (unpaired) electrons. The van der Waals surface area contributed by atoms with Crippen LogP contribution in [0.5, 0.6) is 0 Å². The van der Waals surface area contributed by atoms with Gasteiger partial charge in [-0.2, -0.15) is 5.26 Å². The monoisotopic (exact) mass is 287 g/mol. The first-order chi connectivity index (χ1) is 10.2. The Kier molecular flexibility index (Phi) is 3.47. The van der Waals surface area contributed by atoms with Gasteiger partial charge >= 0.3 is 5.69 Å². The number of rotatable bonds is 3. The molecule has 0 bridgehead atoms. The minimum Gasteiger partial charge on any atom is -0.347 e. The summed E-state index contributed by atoms with van der Waals surface area (Å²) in [7, 11) is 0. The number of nitro groups is 1. The number of pyridine rings is 1. The first kappa shape index (κ1) is 13.8. The van der Waals surface area contributed by atoms with Crippen molar-refractivity contribution in [1.82, 2.24) is 10.3 Å². The third-order valence-corrected chi connectivity index (χ3v) is 4.58. The van der Waals surface area contributed by atoms with Crippen LogP contribution in [0.25, 0.3) is 0 Å². The largest absolute Gasteiger partial charge is 0.347 e. The zero-order valence-electron chi connectivity index (χ0n) is 11.8. The second-order valence-electron chi connectivity index (χ2n) is 5.65. The maximum Gasteiger partial charge on any atom is 0.312 e. The van der Waals surface area contributed by atoms with E-state index in [1.165, 1.54) is 12.3 Å². The molecule has 1 N–H and O–H groups in total. The quantitative estimate of drug-likeness (QED) is 0.665. The molecule has 1 aromatic rings. The third-order valence-electron chi connectivity index (χ3n) is 4.58. The molecule has 3 rings (SSSR count). The Hall–Kier alpha value is -2.20. The molecule has 2 saturated heterocycles. The van der Waals surface area contributed by atoms with Gasteiger partial charge in [-0.15, -0.1) is 0 Å². The van der Waals surface area contributed by atoms with Crippen LogP contribution >= 0.6 is 0 Å². The topological polar surface area (TPSA) is 95.1 Å². The molecule has 2 aliphatic heterocycles. The molecule has 2 fully saturated rings. The summed E-state index contributed by atoms with van der Waals surface area (Å²) in [6, 6.07) is 3.50. The van der Waals surface area contributed by atoms with E-state index in [0.29, 0.717) is 17.7 Å². The number of aromatic nitrogens is 1. The van der Waals surface area contributed by atoms with Crippen LogP contribution in [0.15, 0.2) is 12.3 Å². The van der Waals surface area contributed by atoms with Crippen LogP contribution in [0, 0.1) is 33.3 Å². The Labute approximate surface area is 122 Å². The van der Waals surface area contributed by atoms with E-state index < -0.39 is 4.92 Å². The summed E-state index contributed by atoms with van der Waals surface area (Å²) in [6.45, 7) is 4.81. The van der Waals surface area contributed by atoms with Crippen molar-refractivity contribution in [3.05, 3.63) is 27.9 Å². The molecule has 3 heterocycles. The van der Waals surface area contributed by atoms with Gasteiger partial charge in [0, 0.05) is 37.9 Å². The molecule has 1 aromatic heterocycles. The van der Waals surface area contributed by atoms with Crippen molar-refractivity contribution in [2.24, 2.45) is 11.8 Å². The standard InChI is InChI=1S/C14H17N5O2/c1-2-12-11-7-16-6-10(11)8-18(12)14-13(19(20)21)3-9(4-15)5-17-14/h3,5,10-12,16H,2,6-8H2,1H3. The Bertz CT molecular complexity index is 612. The van der Waals surface area contributed by atoms with Crippen molar-refractivity contribution in [2.45, 2.75) is 19.4 Å². The fourth-order valence-corrected chi connectivity index (χ4v) is 3.65. The molecule has 0 aliphatic carbocycles. The van der Waals surface area contributed by atoms with Gasteiger partial charge in [-0.3, -0.25) is 10.1 Å². The molecule has 7 nitrogen and oxygen atoms in total. The van der Waals surface area contributed by atoms with Gasteiger partial charge in [0.1, 0.15) is 6.07 Å². The lowest BCUT2D eigenvalue weighted by Gasteiger charge is -2.27. The summed E-state index contributed by atoms with van der Waals surface area (Å²) in [5.74, 6) is 1.44. The number of nitrogens with one attached hydrogen (secondary N) is 1. The van der Waals surface area contributed by atoms with Crippen molar-refractivity contribution >= 4 is 11.5 Å². The highest BCUT2D eigenvalue weighted by molar-refractivity contribution is 5.61. The molecule has 110 valence electrons. The minimum atomic E-state index is -0.442. The fraction of sp³-hybridized carbons (Fsp3) is 0.571. The lowest BCUT2D eigenvalue weighted by molar-refractivity contribution is -0.384. The average Bonchev–Trinajstić information content (AvgIpc) is 3.06. The van der Waals surface area contributed by atoms with Gasteiger partial charge in [0.2, 0.25) is 5.82 Å². The van der Waals surface area contributed by atoms with Crippen LogP contribution in [0.2, 0.25) is 0 Å². The molecule has 3 atom stereocenters. The number of hydrogen-bond donors (Lipinski definition) is 1. The third kappa shape index (κ3) is 2.21. The average molecular weight is 287 g/mol. The Morgan fingerprint density at radius 1 is 1.62 bits per heavy atom. The first-order valence-corrected chi connectivity index (χ1v) is 7.17. The van der Waals surface area contributed by atoms with Crippen molar-refractivity contribution in [2.75, 3.05) is 24.5 Å². The highest BCUT2D eigenvalue weighted by Crippen LogP contribution is 2.39. The van der Waals surface area contributed by atoms with Crippen LogP contribution in [-0.4, -0.2) is 35.6 Å². The van der Waals surface area contributed by atoms with E-state index in [1.807, 2.05) is 6.07 Å². The van der Waals surface area contributed by atoms with E-state index in [9.17, 15) is 10.1 Å². The number of nitriles is 1. The highest BCUT2D eigenvalue weighted by Gasteiger charge is 2.45. The van der Waals surface area contributed by atoms with Crippen molar-refractivity contribution in [3.63, 3.8) is 0 Å². The van der Waals surface area contributed by atoms with Crippen molar-refractivity contribution in [1.29, 1.82) is 5.26 Å². The second-order valence-corrected chi connectivity index (χ2v) is 5.65. The lowest BCUT2D eigenvalue weighted by Crippen LogP contribution is -2.36.